The monoisotopic (exact) mass is 162 g/mol. The Hall–Kier alpha value is -1.28. The molecule has 1 heterocycles. The number of rotatable bonds is 1. The SMILES string of the molecule is Cc1cc(CO)cc2ccoc12. The predicted molar refractivity (Wildman–Crippen MR) is 46.9 cm³/mol. The molecule has 0 unspecified atom stereocenters. The average molecular weight is 162 g/mol. The maximum atomic E-state index is 8.93. The molecule has 1 aromatic carbocycles. The Morgan fingerprint density at radius 1 is 1.42 bits per heavy atom. The number of hydrogen-bond acceptors (Lipinski definition) is 2. The first-order valence-corrected chi connectivity index (χ1v) is 3.89. The summed E-state index contributed by atoms with van der Waals surface area (Å²) in [7, 11) is 0. The van der Waals surface area contributed by atoms with E-state index in [1.165, 1.54) is 0 Å². The van der Waals surface area contributed by atoms with Crippen molar-refractivity contribution in [2.24, 2.45) is 0 Å². The van der Waals surface area contributed by atoms with Crippen LogP contribution in [0.1, 0.15) is 11.1 Å². The molecule has 1 N–H and O–H groups in total. The quantitative estimate of drug-likeness (QED) is 0.697. The molecule has 0 aliphatic rings. The lowest BCUT2D eigenvalue weighted by Crippen LogP contribution is -1.84. The Labute approximate surface area is 70.4 Å². The van der Waals surface area contributed by atoms with Crippen LogP contribution in [0.25, 0.3) is 11.0 Å². The van der Waals surface area contributed by atoms with Crippen molar-refractivity contribution in [1.82, 2.24) is 0 Å². The molecule has 2 heteroatoms. The van der Waals surface area contributed by atoms with Gasteiger partial charge in [-0.15, -0.1) is 0 Å². The van der Waals surface area contributed by atoms with Crippen molar-refractivity contribution in [1.29, 1.82) is 0 Å². The van der Waals surface area contributed by atoms with E-state index in [0.717, 1.165) is 22.1 Å². The number of fused-ring (bicyclic) bond motifs is 1. The van der Waals surface area contributed by atoms with Crippen molar-refractivity contribution in [3.63, 3.8) is 0 Å². The van der Waals surface area contributed by atoms with Gasteiger partial charge < -0.3 is 9.52 Å². The van der Waals surface area contributed by atoms with Crippen molar-refractivity contribution in [2.45, 2.75) is 13.5 Å². The van der Waals surface area contributed by atoms with E-state index >= 15 is 0 Å². The Morgan fingerprint density at radius 2 is 2.25 bits per heavy atom. The first-order chi connectivity index (χ1) is 5.81. The topological polar surface area (TPSA) is 33.4 Å². The lowest BCUT2D eigenvalue weighted by Gasteiger charge is -1.98. The Bertz CT molecular complexity index is 401. The van der Waals surface area contributed by atoms with E-state index in [1.807, 2.05) is 25.1 Å². The second kappa shape index (κ2) is 2.64. The average Bonchev–Trinajstić information content (AvgIpc) is 2.52. The maximum Gasteiger partial charge on any atom is 0.136 e. The zero-order valence-electron chi connectivity index (χ0n) is 6.87. The normalized spacial score (nSPS) is 10.8. The van der Waals surface area contributed by atoms with E-state index in [4.69, 9.17) is 9.52 Å². The van der Waals surface area contributed by atoms with E-state index in [1.54, 1.807) is 6.26 Å². The van der Waals surface area contributed by atoms with Crippen molar-refractivity contribution in [2.75, 3.05) is 0 Å². The van der Waals surface area contributed by atoms with Crippen LogP contribution in [0.3, 0.4) is 0 Å². The van der Waals surface area contributed by atoms with E-state index in [9.17, 15) is 0 Å². The fourth-order valence-electron chi connectivity index (χ4n) is 1.43. The standard InChI is InChI=1S/C10H10O2/c1-7-4-8(6-11)5-9-2-3-12-10(7)9/h2-5,11H,6H2,1H3. The van der Waals surface area contributed by atoms with Crippen molar-refractivity contribution in [3.8, 4) is 0 Å². The molecular formula is C10H10O2. The minimum Gasteiger partial charge on any atom is -0.464 e. The highest BCUT2D eigenvalue weighted by atomic mass is 16.3. The molecule has 0 spiro atoms. The maximum absolute atomic E-state index is 8.93. The molecule has 0 bridgehead atoms. The zero-order valence-corrected chi connectivity index (χ0v) is 6.87. The zero-order chi connectivity index (χ0) is 8.55. The molecule has 2 rings (SSSR count). The van der Waals surface area contributed by atoms with Gasteiger partial charge in [0.2, 0.25) is 0 Å². The van der Waals surface area contributed by atoms with Crippen LogP contribution in [0.2, 0.25) is 0 Å². The minimum absolute atomic E-state index is 0.0853. The highest BCUT2D eigenvalue weighted by Crippen LogP contribution is 2.21. The summed E-state index contributed by atoms with van der Waals surface area (Å²) in [6.45, 7) is 2.06. The molecule has 2 nitrogen and oxygen atoms in total. The number of aryl methyl sites for hydroxylation is 1. The van der Waals surface area contributed by atoms with Crippen LogP contribution in [0, 0.1) is 6.92 Å². The van der Waals surface area contributed by atoms with Crippen molar-refractivity contribution in [3.05, 3.63) is 35.6 Å². The van der Waals surface area contributed by atoms with Crippen LogP contribution >= 0.6 is 0 Å². The van der Waals surface area contributed by atoms with Crippen LogP contribution in [-0.2, 0) is 6.61 Å². The highest BCUT2D eigenvalue weighted by Gasteiger charge is 2.01. The summed E-state index contributed by atoms with van der Waals surface area (Å²) in [4.78, 5) is 0. The third-order valence-electron chi connectivity index (χ3n) is 1.98. The highest BCUT2D eigenvalue weighted by molar-refractivity contribution is 5.80. The van der Waals surface area contributed by atoms with Crippen molar-refractivity contribution < 1.29 is 9.52 Å². The summed E-state index contributed by atoms with van der Waals surface area (Å²) < 4.78 is 5.27. The summed E-state index contributed by atoms with van der Waals surface area (Å²) in [6, 6.07) is 5.78. The molecule has 0 fully saturated rings. The van der Waals surface area contributed by atoms with Gasteiger partial charge in [0.05, 0.1) is 12.9 Å². The van der Waals surface area contributed by atoms with Crippen LogP contribution in [0.5, 0.6) is 0 Å². The number of aliphatic hydroxyl groups excluding tert-OH is 1. The summed E-state index contributed by atoms with van der Waals surface area (Å²) in [5, 5.41) is 9.98. The third-order valence-corrected chi connectivity index (χ3v) is 1.98. The van der Waals surface area contributed by atoms with Gasteiger partial charge in [0.15, 0.2) is 0 Å². The molecule has 0 aliphatic carbocycles. The van der Waals surface area contributed by atoms with E-state index in [0.29, 0.717) is 0 Å². The van der Waals surface area contributed by atoms with E-state index in [2.05, 4.69) is 0 Å². The summed E-state index contributed by atoms with van der Waals surface area (Å²) in [5.41, 5.74) is 2.91. The van der Waals surface area contributed by atoms with Gasteiger partial charge in [-0.3, -0.25) is 0 Å². The smallest absolute Gasteiger partial charge is 0.136 e. The van der Waals surface area contributed by atoms with Gasteiger partial charge in [0.1, 0.15) is 5.58 Å². The first kappa shape index (κ1) is 7.37. The molecule has 0 aliphatic heterocycles. The predicted octanol–water partition coefficient (Wildman–Crippen LogP) is 2.23. The summed E-state index contributed by atoms with van der Waals surface area (Å²) in [5.74, 6) is 0. The second-order valence-corrected chi connectivity index (χ2v) is 2.91. The lowest BCUT2D eigenvalue weighted by molar-refractivity contribution is 0.282. The van der Waals surface area contributed by atoms with E-state index < -0.39 is 0 Å². The third kappa shape index (κ3) is 1.01. The van der Waals surface area contributed by atoms with Gasteiger partial charge in [-0.05, 0) is 30.2 Å². The van der Waals surface area contributed by atoms with Gasteiger partial charge in [0, 0.05) is 5.39 Å². The Kier molecular flexibility index (Phi) is 1.62. The minimum atomic E-state index is 0.0853. The van der Waals surface area contributed by atoms with Gasteiger partial charge in [0.25, 0.3) is 0 Å². The van der Waals surface area contributed by atoms with Crippen LogP contribution in [0.15, 0.2) is 28.9 Å². The number of hydrogen-bond donors (Lipinski definition) is 1. The number of aliphatic hydroxyl groups is 1. The molecule has 0 radical (unpaired) electrons. The summed E-state index contributed by atoms with van der Waals surface area (Å²) >= 11 is 0. The molecular weight excluding hydrogens is 152 g/mol. The van der Waals surface area contributed by atoms with Gasteiger partial charge in [-0.25, -0.2) is 0 Å². The van der Waals surface area contributed by atoms with Crippen LogP contribution in [-0.4, -0.2) is 5.11 Å². The van der Waals surface area contributed by atoms with Gasteiger partial charge in [-0.2, -0.15) is 0 Å². The summed E-state index contributed by atoms with van der Waals surface area (Å²) in [6.07, 6.45) is 1.67. The van der Waals surface area contributed by atoms with Gasteiger partial charge in [-0.1, -0.05) is 6.07 Å². The molecule has 2 aromatic rings. The molecule has 62 valence electrons. The van der Waals surface area contributed by atoms with Crippen molar-refractivity contribution >= 4 is 11.0 Å². The molecule has 0 saturated carbocycles. The number of furan rings is 1. The largest absolute Gasteiger partial charge is 0.464 e. The second-order valence-electron chi connectivity index (χ2n) is 2.91. The fraction of sp³-hybridized carbons (Fsp3) is 0.200. The lowest BCUT2D eigenvalue weighted by atomic mass is 10.1. The van der Waals surface area contributed by atoms with E-state index in [-0.39, 0.29) is 6.61 Å². The molecule has 1 aromatic heterocycles. The van der Waals surface area contributed by atoms with Gasteiger partial charge >= 0.3 is 0 Å². The first-order valence-electron chi connectivity index (χ1n) is 3.89. The number of benzene rings is 1. The van der Waals surface area contributed by atoms with Crippen LogP contribution in [0.4, 0.5) is 0 Å². The fourth-order valence-corrected chi connectivity index (χ4v) is 1.43. The molecule has 0 saturated heterocycles. The molecule has 0 amide bonds. The molecule has 0 atom stereocenters. The van der Waals surface area contributed by atoms with Crippen LogP contribution < -0.4 is 0 Å². The Balaban J connectivity index is 2.75. The molecule has 12 heavy (non-hydrogen) atoms. The Morgan fingerprint density at radius 3 is 3.00 bits per heavy atom.